The number of furan rings is 1. The minimum absolute atomic E-state index is 0.0795. The minimum atomic E-state index is -0.386. The number of para-hydroxylation sites is 2. The maximum atomic E-state index is 13.1. The predicted octanol–water partition coefficient (Wildman–Crippen LogP) is 5.29. The molecule has 0 aliphatic carbocycles. The highest BCUT2D eigenvalue weighted by Gasteiger charge is 2.17. The van der Waals surface area contributed by atoms with Gasteiger partial charge in [0.15, 0.2) is 5.76 Å². The zero-order valence-corrected chi connectivity index (χ0v) is 15.9. The summed E-state index contributed by atoms with van der Waals surface area (Å²) in [7, 11) is 0. The molecule has 1 atom stereocenters. The van der Waals surface area contributed by atoms with Crippen LogP contribution < -0.4 is 10.1 Å². The first-order chi connectivity index (χ1) is 14.2. The van der Waals surface area contributed by atoms with Crippen LogP contribution in [0.4, 0.5) is 10.1 Å². The number of amides is 1. The molecule has 2 heterocycles. The molecule has 1 saturated heterocycles. The van der Waals surface area contributed by atoms with Crippen molar-refractivity contribution in [1.82, 2.24) is 0 Å². The van der Waals surface area contributed by atoms with Gasteiger partial charge in [0.1, 0.15) is 23.9 Å². The van der Waals surface area contributed by atoms with Gasteiger partial charge in [0.05, 0.1) is 11.8 Å². The fraction of sp³-hybridized carbons (Fsp3) is 0.261. The Labute approximate surface area is 168 Å². The molecule has 0 spiro atoms. The molecule has 1 unspecified atom stereocenters. The van der Waals surface area contributed by atoms with E-state index in [0.717, 1.165) is 25.9 Å². The molecular weight excluding hydrogens is 373 g/mol. The van der Waals surface area contributed by atoms with Gasteiger partial charge in [0.25, 0.3) is 5.91 Å². The van der Waals surface area contributed by atoms with Gasteiger partial charge in [-0.1, -0.05) is 12.1 Å². The summed E-state index contributed by atoms with van der Waals surface area (Å²) in [6.45, 7) is 1.21. The molecule has 2 aromatic carbocycles. The van der Waals surface area contributed by atoms with Crippen molar-refractivity contribution in [3.05, 3.63) is 72.2 Å². The maximum Gasteiger partial charge on any atom is 0.291 e. The van der Waals surface area contributed by atoms with E-state index in [1.165, 1.54) is 12.1 Å². The summed E-state index contributed by atoms with van der Waals surface area (Å²) in [6.07, 6.45) is 3.29. The molecule has 4 rings (SSSR count). The smallest absolute Gasteiger partial charge is 0.291 e. The lowest BCUT2D eigenvalue weighted by molar-refractivity contribution is -0.0109. The Balaban J connectivity index is 1.42. The van der Waals surface area contributed by atoms with Crippen LogP contribution in [-0.4, -0.2) is 25.2 Å². The molecule has 150 valence electrons. The largest absolute Gasteiger partial charge is 0.489 e. The summed E-state index contributed by atoms with van der Waals surface area (Å²) < 4.78 is 30.3. The second-order valence-electron chi connectivity index (χ2n) is 6.92. The van der Waals surface area contributed by atoms with Crippen molar-refractivity contribution in [3.8, 4) is 17.1 Å². The molecular formula is C23H22FNO4. The maximum absolute atomic E-state index is 13.1. The standard InChI is InChI=1S/C23H22FNO4/c24-17-10-8-16(9-11-17)20-12-13-22(29-20)23(26)25-19-6-1-2-7-21(19)28-15-18-5-3-4-14-27-18/h1-2,6-13,18H,3-5,14-15H2,(H,25,26). The zero-order valence-electron chi connectivity index (χ0n) is 15.9. The van der Waals surface area contributed by atoms with E-state index < -0.39 is 0 Å². The molecule has 1 amide bonds. The van der Waals surface area contributed by atoms with Gasteiger partial charge in [-0.3, -0.25) is 4.79 Å². The van der Waals surface area contributed by atoms with E-state index >= 15 is 0 Å². The SMILES string of the molecule is O=C(Nc1ccccc1OCC1CCCCO1)c1ccc(-c2ccc(F)cc2)o1. The van der Waals surface area contributed by atoms with Crippen molar-refractivity contribution in [3.63, 3.8) is 0 Å². The van der Waals surface area contributed by atoms with Gasteiger partial charge in [0, 0.05) is 12.2 Å². The molecule has 1 aliphatic heterocycles. The van der Waals surface area contributed by atoms with E-state index in [1.807, 2.05) is 18.2 Å². The highest BCUT2D eigenvalue weighted by molar-refractivity contribution is 6.03. The number of ether oxygens (including phenoxy) is 2. The van der Waals surface area contributed by atoms with Crippen molar-refractivity contribution < 1.29 is 23.1 Å². The molecule has 1 aliphatic rings. The van der Waals surface area contributed by atoms with E-state index in [2.05, 4.69) is 5.32 Å². The summed E-state index contributed by atoms with van der Waals surface area (Å²) in [6, 6.07) is 16.4. The summed E-state index contributed by atoms with van der Waals surface area (Å²) >= 11 is 0. The summed E-state index contributed by atoms with van der Waals surface area (Å²) in [5, 5.41) is 2.83. The lowest BCUT2D eigenvalue weighted by Crippen LogP contribution is -2.26. The summed E-state index contributed by atoms with van der Waals surface area (Å²) in [4.78, 5) is 12.6. The normalized spacial score (nSPS) is 16.4. The van der Waals surface area contributed by atoms with Crippen LogP contribution in [0, 0.1) is 5.82 Å². The van der Waals surface area contributed by atoms with Crippen molar-refractivity contribution in [2.24, 2.45) is 0 Å². The fourth-order valence-electron chi connectivity index (χ4n) is 3.23. The number of nitrogens with one attached hydrogen (secondary N) is 1. The van der Waals surface area contributed by atoms with Crippen LogP contribution in [-0.2, 0) is 4.74 Å². The van der Waals surface area contributed by atoms with Crippen LogP contribution in [0.2, 0.25) is 0 Å². The molecule has 1 N–H and O–H groups in total. The van der Waals surface area contributed by atoms with Crippen molar-refractivity contribution in [2.45, 2.75) is 25.4 Å². The van der Waals surface area contributed by atoms with Gasteiger partial charge in [-0.25, -0.2) is 4.39 Å². The minimum Gasteiger partial charge on any atom is -0.489 e. The number of rotatable bonds is 6. The number of hydrogen-bond donors (Lipinski definition) is 1. The van der Waals surface area contributed by atoms with E-state index in [4.69, 9.17) is 13.9 Å². The van der Waals surface area contributed by atoms with Gasteiger partial charge in [-0.15, -0.1) is 0 Å². The Bertz CT molecular complexity index is 961. The van der Waals surface area contributed by atoms with Crippen LogP contribution in [0.15, 0.2) is 65.1 Å². The van der Waals surface area contributed by atoms with Crippen molar-refractivity contribution >= 4 is 11.6 Å². The molecule has 0 radical (unpaired) electrons. The lowest BCUT2D eigenvalue weighted by Gasteiger charge is -2.23. The molecule has 3 aromatic rings. The lowest BCUT2D eigenvalue weighted by atomic mass is 10.1. The first-order valence-electron chi connectivity index (χ1n) is 9.69. The Morgan fingerprint density at radius 1 is 1.07 bits per heavy atom. The summed E-state index contributed by atoms with van der Waals surface area (Å²) in [5.74, 6) is 0.529. The van der Waals surface area contributed by atoms with Gasteiger partial charge < -0.3 is 19.2 Å². The predicted molar refractivity (Wildman–Crippen MR) is 108 cm³/mol. The highest BCUT2D eigenvalue weighted by atomic mass is 19.1. The number of hydrogen-bond acceptors (Lipinski definition) is 4. The van der Waals surface area contributed by atoms with Gasteiger partial charge in [-0.05, 0) is 67.8 Å². The van der Waals surface area contributed by atoms with Gasteiger partial charge >= 0.3 is 0 Å². The molecule has 5 nitrogen and oxygen atoms in total. The first kappa shape index (κ1) is 19.2. The van der Waals surface area contributed by atoms with E-state index in [9.17, 15) is 9.18 Å². The van der Waals surface area contributed by atoms with Gasteiger partial charge in [-0.2, -0.15) is 0 Å². The monoisotopic (exact) mass is 395 g/mol. The average molecular weight is 395 g/mol. The molecule has 0 saturated carbocycles. The quantitative estimate of drug-likeness (QED) is 0.616. The van der Waals surface area contributed by atoms with Crippen LogP contribution in [0.3, 0.4) is 0 Å². The third kappa shape index (κ3) is 4.84. The average Bonchev–Trinajstić information content (AvgIpc) is 3.25. The van der Waals surface area contributed by atoms with E-state index in [1.54, 1.807) is 30.3 Å². The highest BCUT2D eigenvalue weighted by Crippen LogP contribution is 2.27. The van der Waals surface area contributed by atoms with Gasteiger partial charge in [0.2, 0.25) is 0 Å². The molecule has 0 bridgehead atoms. The third-order valence-corrected chi connectivity index (χ3v) is 4.79. The topological polar surface area (TPSA) is 60.7 Å². The zero-order chi connectivity index (χ0) is 20.1. The van der Waals surface area contributed by atoms with Crippen LogP contribution in [0.5, 0.6) is 5.75 Å². The molecule has 6 heteroatoms. The van der Waals surface area contributed by atoms with Crippen LogP contribution in [0.25, 0.3) is 11.3 Å². The number of halogens is 1. The molecule has 29 heavy (non-hydrogen) atoms. The number of anilines is 1. The van der Waals surface area contributed by atoms with Crippen LogP contribution in [0.1, 0.15) is 29.8 Å². The molecule has 1 aromatic heterocycles. The molecule has 1 fully saturated rings. The first-order valence-corrected chi connectivity index (χ1v) is 9.69. The number of carbonyl (C=O) groups excluding carboxylic acids is 1. The van der Waals surface area contributed by atoms with Crippen molar-refractivity contribution in [1.29, 1.82) is 0 Å². The van der Waals surface area contributed by atoms with Crippen molar-refractivity contribution in [2.75, 3.05) is 18.5 Å². The third-order valence-electron chi connectivity index (χ3n) is 4.79. The Hall–Kier alpha value is -3.12. The Kier molecular flexibility index (Phi) is 5.91. The Morgan fingerprint density at radius 3 is 2.69 bits per heavy atom. The summed E-state index contributed by atoms with van der Waals surface area (Å²) in [5.41, 5.74) is 1.26. The van der Waals surface area contributed by atoms with E-state index in [-0.39, 0.29) is 23.6 Å². The number of carbonyl (C=O) groups is 1. The fourth-order valence-corrected chi connectivity index (χ4v) is 3.23. The van der Waals surface area contributed by atoms with E-state index in [0.29, 0.717) is 29.4 Å². The second kappa shape index (κ2) is 8.92. The Morgan fingerprint density at radius 2 is 1.90 bits per heavy atom. The second-order valence-corrected chi connectivity index (χ2v) is 6.92. The van der Waals surface area contributed by atoms with Crippen LogP contribution >= 0.6 is 0 Å². The number of benzene rings is 2.